The molecule has 0 aromatic carbocycles. The third kappa shape index (κ3) is 5.05. The Morgan fingerprint density at radius 3 is 2.83 bits per heavy atom. The van der Waals surface area contributed by atoms with Crippen LogP contribution in [0.3, 0.4) is 0 Å². The number of aliphatic hydroxyl groups is 1. The summed E-state index contributed by atoms with van der Waals surface area (Å²) < 4.78 is 0. The molecule has 0 aliphatic heterocycles. The van der Waals surface area contributed by atoms with Gasteiger partial charge < -0.3 is 10.4 Å². The zero-order valence-electron chi connectivity index (χ0n) is 7.26. The van der Waals surface area contributed by atoms with Crippen LogP contribution in [0.25, 0.3) is 0 Å². The number of hydrogen-bond acceptors (Lipinski definition) is 3. The van der Waals surface area contributed by atoms with Crippen LogP contribution in [-0.2, 0) is 4.79 Å². The Hall–Kier alpha value is -0.660. The Bertz CT molecular complexity index is 196. The van der Waals surface area contributed by atoms with Gasteiger partial charge in [-0.3, -0.25) is 4.79 Å². The van der Waals surface area contributed by atoms with E-state index in [4.69, 9.17) is 6.42 Å². The van der Waals surface area contributed by atoms with Crippen LogP contribution in [0, 0.1) is 12.3 Å². The third-order valence-corrected chi connectivity index (χ3v) is 2.13. The quantitative estimate of drug-likeness (QED) is 0.602. The molecule has 0 saturated carbocycles. The molecule has 0 fully saturated rings. The molecule has 1 amide bonds. The number of thioether (sulfide) groups is 1. The van der Waals surface area contributed by atoms with E-state index in [2.05, 4.69) is 5.32 Å². The summed E-state index contributed by atoms with van der Waals surface area (Å²) in [7, 11) is 0. The second kappa shape index (κ2) is 5.07. The Labute approximate surface area is 76.9 Å². The van der Waals surface area contributed by atoms with Gasteiger partial charge in [0, 0.05) is 12.3 Å². The molecule has 0 aromatic rings. The van der Waals surface area contributed by atoms with Gasteiger partial charge in [-0.15, -0.1) is 6.42 Å². The summed E-state index contributed by atoms with van der Waals surface area (Å²) in [6, 6.07) is 0. The SMILES string of the molecule is C#CC(=O)NCC(C)(O)CSC. The molecule has 1 unspecified atom stereocenters. The lowest BCUT2D eigenvalue weighted by Gasteiger charge is -2.21. The summed E-state index contributed by atoms with van der Waals surface area (Å²) >= 11 is 1.51. The highest BCUT2D eigenvalue weighted by molar-refractivity contribution is 7.98. The summed E-state index contributed by atoms with van der Waals surface area (Å²) in [6.07, 6.45) is 6.71. The topological polar surface area (TPSA) is 49.3 Å². The van der Waals surface area contributed by atoms with E-state index in [-0.39, 0.29) is 6.54 Å². The molecule has 3 nitrogen and oxygen atoms in total. The number of amides is 1. The molecule has 4 heteroatoms. The van der Waals surface area contributed by atoms with Gasteiger partial charge in [0.25, 0.3) is 5.91 Å². The monoisotopic (exact) mass is 187 g/mol. The van der Waals surface area contributed by atoms with Gasteiger partial charge in [-0.1, -0.05) is 0 Å². The number of carbonyl (C=O) groups is 1. The number of carbonyl (C=O) groups excluding carboxylic acids is 1. The van der Waals surface area contributed by atoms with Crippen LogP contribution in [0.4, 0.5) is 0 Å². The van der Waals surface area contributed by atoms with E-state index in [9.17, 15) is 9.90 Å². The van der Waals surface area contributed by atoms with Gasteiger partial charge in [-0.25, -0.2) is 0 Å². The lowest BCUT2D eigenvalue weighted by molar-refractivity contribution is -0.116. The Kier molecular flexibility index (Phi) is 4.79. The van der Waals surface area contributed by atoms with Crippen molar-refractivity contribution in [2.45, 2.75) is 12.5 Å². The molecule has 0 aromatic heterocycles. The molecule has 0 aliphatic carbocycles. The van der Waals surface area contributed by atoms with E-state index in [1.54, 1.807) is 6.92 Å². The maximum Gasteiger partial charge on any atom is 0.295 e. The van der Waals surface area contributed by atoms with Crippen LogP contribution in [0.5, 0.6) is 0 Å². The van der Waals surface area contributed by atoms with Crippen molar-refractivity contribution in [2.24, 2.45) is 0 Å². The van der Waals surface area contributed by atoms with Crippen molar-refractivity contribution in [3.63, 3.8) is 0 Å². The zero-order valence-corrected chi connectivity index (χ0v) is 8.07. The van der Waals surface area contributed by atoms with Gasteiger partial charge >= 0.3 is 0 Å². The minimum absolute atomic E-state index is 0.191. The first-order chi connectivity index (χ1) is 5.52. The Balaban J connectivity index is 3.76. The van der Waals surface area contributed by atoms with Crippen molar-refractivity contribution in [3.8, 4) is 12.3 Å². The minimum Gasteiger partial charge on any atom is -0.387 e. The van der Waals surface area contributed by atoms with Crippen molar-refractivity contribution < 1.29 is 9.90 Å². The number of nitrogens with one attached hydrogen (secondary N) is 1. The van der Waals surface area contributed by atoms with E-state index in [0.717, 1.165) is 0 Å². The van der Waals surface area contributed by atoms with E-state index in [1.165, 1.54) is 11.8 Å². The largest absolute Gasteiger partial charge is 0.387 e. The van der Waals surface area contributed by atoms with Crippen molar-refractivity contribution in [3.05, 3.63) is 0 Å². The second-order valence-corrected chi connectivity index (χ2v) is 3.62. The summed E-state index contributed by atoms with van der Waals surface area (Å²) in [4.78, 5) is 10.6. The van der Waals surface area contributed by atoms with Crippen LogP contribution < -0.4 is 5.32 Å². The summed E-state index contributed by atoms with van der Waals surface area (Å²) in [5.74, 6) is 1.99. The maximum absolute atomic E-state index is 10.6. The van der Waals surface area contributed by atoms with Crippen molar-refractivity contribution >= 4 is 17.7 Å². The highest BCUT2D eigenvalue weighted by Gasteiger charge is 2.19. The summed E-state index contributed by atoms with van der Waals surface area (Å²) in [5, 5.41) is 12.0. The lowest BCUT2D eigenvalue weighted by atomic mass is 10.1. The van der Waals surface area contributed by atoms with E-state index in [0.29, 0.717) is 5.75 Å². The molecular formula is C8H13NO2S. The van der Waals surface area contributed by atoms with E-state index in [1.807, 2.05) is 12.2 Å². The number of terminal acetylenes is 1. The molecule has 0 spiro atoms. The first kappa shape index (κ1) is 11.3. The van der Waals surface area contributed by atoms with Gasteiger partial charge in [0.05, 0.1) is 5.60 Å². The second-order valence-electron chi connectivity index (χ2n) is 2.76. The Morgan fingerprint density at radius 1 is 1.83 bits per heavy atom. The van der Waals surface area contributed by atoms with Crippen LogP contribution >= 0.6 is 11.8 Å². The predicted molar refractivity (Wildman–Crippen MR) is 50.8 cm³/mol. The van der Waals surface area contributed by atoms with Gasteiger partial charge in [0.15, 0.2) is 0 Å². The predicted octanol–water partition coefficient (Wildman–Crippen LogP) is -0.150. The lowest BCUT2D eigenvalue weighted by Crippen LogP contribution is -2.42. The molecule has 0 bridgehead atoms. The summed E-state index contributed by atoms with van der Waals surface area (Å²) in [5.41, 5.74) is -0.883. The molecular weight excluding hydrogens is 174 g/mol. The molecule has 0 radical (unpaired) electrons. The molecule has 1 atom stereocenters. The third-order valence-electron chi connectivity index (χ3n) is 1.22. The van der Waals surface area contributed by atoms with Gasteiger partial charge in [-0.2, -0.15) is 11.8 Å². The normalized spacial score (nSPS) is 14.5. The van der Waals surface area contributed by atoms with Crippen molar-refractivity contribution in [1.29, 1.82) is 0 Å². The molecule has 0 heterocycles. The Morgan fingerprint density at radius 2 is 2.42 bits per heavy atom. The molecule has 68 valence electrons. The van der Waals surface area contributed by atoms with Gasteiger partial charge in [0.2, 0.25) is 0 Å². The smallest absolute Gasteiger partial charge is 0.295 e. The van der Waals surface area contributed by atoms with Gasteiger partial charge in [-0.05, 0) is 19.1 Å². The van der Waals surface area contributed by atoms with Crippen LogP contribution in [-0.4, -0.2) is 35.2 Å². The minimum atomic E-state index is -0.883. The molecule has 0 aliphatic rings. The highest BCUT2D eigenvalue weighted by Crippen LogP contribution is 2.08. The number of rotatable bonds is 4. The van der Waals surface area contributed by atoms with Crippen molar-refractivity contribution in [2.75, 3.05) is 18.6 Å². The van der Waals surface area contributed by atoms with Gasteiger partial charge in [0.1, 0.15) is 0 Å². The first-order valence-corrected chi connectivity index (χ1v) is 4.87. The average Bonchev–Trinajstić information content (AvgIpc) is 2.00. The standard InChI is InChI=1S/C8H13NO2S/c1-4-7(10)9-5-8(2,11)6-12-3/h1,11H,5-6H2,2-3H3,(H,9,10). The van der Waals surface area contributed by atoms with Crippen LogP contribution in [0.1, 0.15) is 6.92 Å². The molecule has 2 N–H and O–H groups in total. The average molecular weight is 187 g/mol. The fraction of sp³-hybridized carbons (Fsp3) is 0.625. The number of hydrogen-bond donors (Lipinski definition) is 2. The van der Waals surface area contributed by atoms with Crippen LogP contribution in [0.2, 0.25) is 0 Å². The molecule has 0 saturated heterocycles. The van der Waals surface area contributed by atoms with Crippen molar-refractivity contribution in [1.82, 2.24) is 5.32 Å². The summed E-state index contributed by atoms with van der Waals surface area (Å²) in [6.45, 7) is 1.84. The highest BCUT2D eigenvalue weighted by atomic mass is 32.2. The molecule has 0 rings (SSSR count). The van der Waals surface area contributed by atoms with E-state index >= 15 is 0 Å². The fourth-order valence-electron chi connectivity index (χ4n) is 0.684. The molecule has 12 heavy (non-hydrogen) atoms. The maximum atomic E-state index is 10.6. The zero-order chi connectivity index (χ0) is 9.61. The fourth-order valence-corrected chi connectivity index (χ4v) is 1.41. The van der Waals surface area contributed by atoms with E-state index < -0.39 is 11.5 Å². The van der Waals surface area contributed by atoms with Crippen LogP contribution in [0.15, 0.2) is 0 Å². The first-order valence-electron chi connectivity index (χ1n) is 3.47.